The third kappa shape index (κ3) is 5.12. The number of carbonyl (C=O) groups excluding carboxylic acids is 1. The van der Waals surface area contributed by atoms with Gasteiger partial charge in [-0.1, -0.05) is 13.8 Å². The molecule has 17 heavy (non-hydrogen) atoms. The molecular formula is C12H18BrNOS2. The molecular weight excluding hydrogens is 318 g/mol. The van der Waals surface area contributed by atoms with E-state index in [-0.39, 0.29) is 5.78 Å². The van der Waals surface area contributed by atoms with E-state index in [1.807, 2.05) is 11.4 Å². The zero-order valence-corrected chi connectivity index (χ0v) is 13.5. The van der Waals surface area contributed by atoms with Crippen LogP contribution in [0.15, 0.2) is 15.9 Å². The predicted molar refractivity (Wildman–Crippen MR) is 81.5 cm³/mol. The third-order valence-electron chi connectivity index (χ3n) is 2.55. The average Bonchev–Trinajstić information content (AvgIpc) is 2.75. The molecule has 0 aliphatic rings. The molecule has 2 nitrogen and oxygen atoms in total. The van der Waals surface area contributed by atoms with Gasteiger partial charge in [0.15, 0.2) is 5.78 Å². The lowest BCUT2D eigenvalue weighted by Gasteiger charge is -2.16. The number of halogens is 1. The van der Waals surface area contributed by atoms with E-state index < -0.39 is 0 Å². The third-order valence-corrected chi connectivity index (χ3v) is 5.37. The number of hydrogen-bond acceptors (Lipinski definition) is 4. The molecule has 0 aromatic carbocycles. The van der Waals surface area contributed by atoms with Crippen LogP contribution < -0.4 is 0 Å². The Morgan fingerprint density at radius 3 is 2.71 bits per heavy atom. The fraction of sp³-hybridized carbons (Fsp3) is 0.583. The van der Waals surface area contributed by atoms with E-state index in [4.69, 9.17) is 0 Å². The van der Waals surface area contributed by atoms with Gasteiger partial charge >= 0.3 is 0 Å². The maximum Gasteiger partial charge on any atom is 0.183 e. The van der Waals surface area contributed by atoms with Crippen LogP contribution in [0.25, 0.3) is 0 Å². The molecule has 96 valence electrons. The fourth-order valence-corrected chi connectivity index (χ4v) is 3.94. The van der Waals surface area contributed by atoms with Crippen molar-refractivity contribution in [2.24, 2.45) is 0 Å². The minimum Gasteiger partial charge on any atom is -0.303 e. The Morgan fingerprint density at radius 2 is 2.18 bits per heavy atom. The van der Waals surface area contributed by atoms with Crippen LogP contribution >= 0.6 is 39.0 Å². The van der Waals surface area contributed by atoms with Crippen LogP contribution in [0.4, 0.5) is 0 Å². The number of nitrogens with zero attached hydrogens (tertiary/aromatic N) is 1. The van der Waals surface area contributed by atoms with Crippen molar-refractivity contribution in [2.45, 2.75) is 13.8 Å². The van der Waals surface area contributed by atoms with E-state index in [0.717, 1.165) is 34.7 Å². The number of ketones is 1. The Kier molecular flexibility index (Phi) is 7.43. The molecule has 1 aromatic heterocycles. The number of thioether (sulfide) groups is 1. The molecule has 0 bridgehead atoms. The van der Waals surface area contributed by atoms with Gasteiger partial charge in [0.2, 0.25) is 0 Å². The average molecular weight is 336 g/mol. The van der Waals surface area contributed by atoms with Crippen LogP contribution in [0, 0.1) is 0 Å². The molecule has 5 heteroatoms. The first-order valence-electron chi connectivity index (χ1n) is 5.75. The van der Waals surface area contributed by atoms with Gasteiger partial charge in [0.1, 0.15) is 0 Å². The van der Waals surface area contributed by atoms with Crippen molar-refractivity contribution in [3.05, 3.63) is 20.8 Å². The summed E-state index contributed by atoms with van der Waals surface area (Å²) in [7, 11) is 0. The second-order valence-electron chi connectivity index (χ2n) is 3.60. The number of hydrogen-bond donors (Lipinski definition) is 0. The largest absolute Gasteiger partial charge is 0.303 e. The van der Waals surface area contributed by atoms with Crippen LogP contribution in [0.5, 0.6) is 0 Å². The molecule has 0 aliphatic carbocycles. The van der Waals surface area contributed by atoms with Crippen molar-refractivity contribution in [2.75, 3.05) is 31.1 Å². The Balaban J connectivity index is 2.23. The van der Waals surface area contributed by atoms with Gasteiger partial charge in [-0.05, 0) is 40.5 Å². The molecule has 0 spiro atoms. The maximum atomic E-state index is 11.9. The molecule has 0 saturated heterocycles. The lowest BCUT2D eigenvalue weighted by molar-refractivity contribution is 0.102. The first kappa shape index (κ1) is 15.2. The second kappa shape index (κ2) is 8.29. The molecule has 0 amide bonds. The zero-order valence-electron chi connectivity index (χ0n) is 10.2. The van der Waals surface area contributed by atoms with Crippen molar-refractivity contribution in [3.63, 3.8) is 0 Å². The second-order valence-corrected chi connectivity index (χ2v) is 6.48. The van der Waals surface area contributed by atoms with E-state index in [1.54, 1.807) is 11.8 Å². The monoisotopic (exact) mass is 335 g/mol. The molecule has 1 aromatic rings. The Bertz CT molecular complexity index is 350. The van der Waals surface area contributed by atoms with Crippen molar-refractivity contribution >= 4 is 44.8 Å². The number of rotatable bonds is 8. The minimum absolute atomic E-state index is 0.233. The molecule has 0 N–H and O–H groups in total. The summed E-state index contributed by atoms with van der Waals surface area (Å²) in [6.45, 7) is 7.57. The quantitative estimate of drug-likeness (QED) is 0.532. The SMILES string of the molecule is CCN(CC)CCSCC(=O)c1sccc1Br. The lowest BCUT2D eigenvalue weighted by Crippen LogP contribution is -2.25. The highest BCUT2D eigenvalue weighted by atomic mass is 79.9. The van der Waals surface area contributed by atoms with Crippen molar-refractivity contribution in [3.8, 4) is 0 Å². The van der Waals surface area contributed by atoms with Crippen LogP contribution in [-0.4, -0.2) is 41.8 Å². The van der Waals surface area contributed by atoms with Gasteiger partial charge < -0.3 is 4.90 Å². The predicted octanol–water partition coefficient (Wildman–Crippen LogP) is 3.77. The minimum atomic E-state index is 0.233. The number of Topliss-reactive ketones (excluding diaryl/α,β-unsaturated/α-hetero) is 1. The highest BCUT2D eigenvalue weighted by Crippen LogP contribution is 2.24. The standard InChI is InChI=1S/C12H18BrNOS2/c1-3-14(4-2)6-8-16-9-11(15)12-10(13)5-7-17-12/h5,7H,3-4,6,8-9H2,1-2H3. The van der Waals surface area contributed by atoms with E-state index in [0.29, 0.717) is 5.75 Å². The van der Waals surface area contributed by atoms with Crippen molar-refractivity contribution in [1.29, 1.82) is 0 Å². The van der Waals surface area contributed by atoms with Gasteiger partial charge in [-0.3, -0.25) is 4.79 Å². The molecule has 0 fully saturated rings. The van der Waals surface area contributed by atoms with Gasteiger partial charge in [-0.15, -0.1) is 11.3 Å². The Labute approximate surface area is 120 Å². The van der Waals surface area contributed by atoms with E-state index in [1.165, 1.54) is 11.3 Å². The Hall–Kier alpha value is 0.160. The highest BCUT2D eigenvalue weighted by Gasteiger charge is 2.11. The highest BCUT2D eigenvalue weighted by molar-refractivity contribution is 9.10. The maximum absolute atomic E-state index is 11.9. The van der Waals surface area contributed by atoms with Crippen molar-refractivity contribution < 1.29 is 4.79 Å². The number of carbonyl (C=O) groups is 1. The van der Waals surface area contributed by atoms with Gasteiger partial charge in [0, 0.05) is 16.8 Å². The summed E-state index contributed by atoms with van der Waals surface area (Å²) < 4.78 is 0.928. The van der Waals surface area contributed by atoms with E-state index in [9.17, 15) is 4.79 Å². The van der Waals surface area contributed by atoms with Gasteiger partial charge in [-0.25, -0.2) is 0 Å². The molecule has 0 aliphatic heterocycles. The summed E-state index contributed by atoms with van der Waals surface area (Å²) in [5, 5.41) is 1.94. The van der Waals surface area contributed by atoms with E-state index in [2.05, 4.69) is 34.7 Å². The summed E-state index contributed by atoms with van der Waals surface area (Å²) in [4.78, 5) is 15.1. The smallest absolute Gasteiger partial charge is 0.183 e. The molecule has 0 saturated carbocycles. The van der Waals surface area contributed by atoms with Crippen LogP contribution in [-0.2, 0) is 0 Å². The number of thiophene rings is 1. The Morgan fingerprint density at radius 1 is 1.47 bits per heavy atom. The molecule has 0 radical (unpaired) electrons. The first-order chi connectivity index (χ1) is 8.19. The van der Waals surface area contributed by atoms with Gasteiger partial charge in [-0.2, -0.15) is 11.8 Å². The summed E-state index contributed by atoms with van der Waals surface area (Å²) in [6.07, 6.45) is 0. The zero-order chi connectivity index (χ0) is 12.7. The van der Waals surface area contributed by atoms with Gasteiger partial charge in [0.05, 0.1) is 10.6 Å². The normalized spacial score (nSPS) is 11.1. The lowest BCUT2D eigenvalue weighted by atomic mass is 10.3. The van der Waals surface area contributed by atoms with Crippen molar-refractivity contribution in [1.82, 2.24) is 4.90 Å². The van der Waals surface area contributed by atoms with Crippen LogP contribution in [0.2, 0.25) is 0 Å². The van der Waals surface area contributed by atoms with Crippen LogP contribution in [0.3, 0.4) is 0 Å². The van der Waals surface area contributed by atoms with Crippen LogP contribution in [0.1, 0.15) is 23.5 Å². The van der Waals surface area contributed by atoms with E-state index >= 15 is 0 Å². The summed E-state index contributed by atoms with van der Waals surface area (Å²) in [6, 6.07) is 1.93. The topological polar surface area (TPSA) is 20.3 Å². The summed E-state index contributed by atoms with van der Waals surface area (Å²) >= 11 is 6.63. The molecule has 0 atom stereocenters. The molecule has 1 heterocycles. The fourth-order valence-electron chi connectivity index (χ4n) is 1.46. The summed E-state index contributed by atoms with van der Waals surface area (Å²) in [5.41, 5.74) is 0. The molecule has 1 rings (SSSR count). The molecule has 0 unspecified atom stereocenters. The summed E-state index contributed by atoms with van der Waals surface area (Å²) in [5.74, 6) is 1.84. The first-order valence-corrected chi connectivity index (χ1v) is 8.58. The van der Waals surface area contributed by atoms with Gasteiger partial charge in [0.25, 0.3) is 0 Å².